The summed E-state index contributed by atoms with van der Waals surface area (Å²) in [4.78, 5) is 0. The number of rotatable bonds is 8. The molecule has 2 aliphatic heterocycles. The van der Waals surface area contributed by atoms with Crippen LogP contribution in [0.1, 0.15) is 24.0 Å². The molecule has 10 atom stereocenters. The molecule has 190 valence electrons. The fourth-order valence-corrected chi connectivity index (χ4v) is 4.19. The van der Waals surface area contributed by atoms with E-state index in [0.29, 0.717) is 0 Å². The lowest BCUT2D eigenvalue weighted by Gasteiger charge is -2.39. The van der Waals surface area contributed by atoms with Crippen LogP contribution in [-0.4, -0.2) is 115 Å². The molecular formula is C24H34O10. The molecule has 0 radical (unpaired) electrons. The van der Waals surface area contributed by atoms with Crippen molar-refractivity contribution in [2.24, 2.45) is 0 Å². The van der Waals surface area contributed by atoms with Gasteiger partial charge < -0.3 is 50.3 Å². The molecule has 0 spiro atoms. The molecule has 3 rings (SSSR count). The third kappa shape index (κ3) is 6.29. The van der Waals surface area contributed by atoms with Gasteiger partial charge in [0.1, 0.15) is 48.8 Å². The summed E-state index contributed by atoms with van der Waals surface area (Å²) in [6.07, 6.45) is -3.85. The van der Waals surface area contributed by atoms with Crippen LogP contribution in [0.5, 0.6) is 0 Å². The standard InChI is InChI=1S/C24H34O10/c25-11-17-21(29)23(31)19(27)15(33-17)8-2-6-13-4-1-5-14(10-13)7-3-9-16-20(28)24(32)22(30)18(12-26)34-16/h1-7,10,15-32H,8-9,11-12H2/b6-2+,7-3+/t15-,16-,17-,18-,19-,20-,21-,22-,23-,24-/m1/s1. The average molecular weight is 483 g/mol. The van der Waals surface area contributed by atoms with Crippen LogP contribution in [0.4, 0.5) is 0 Å². The van der Waals surface area contributed by atoms with Gasteiger partial charge in [0.15, 0.2) is 0 Å². The first-order chi connectivity index (χ1) is 16.3. The minimum Gasteiger partial charge on any atom is -0.394 e. The van der Waals surface area contributed by atoms with E-state index >= 15 is 0 Å². The highest BCUT2D eigenvalue weighted by molar-refractivity contribution is 5.57. The van der Waals surface area contributed by atoms with E-state index in [-0.39, 0.29) is 12.8 Å². The van der Waals surface area contributed by atoms with Gasteiger partial charge in [-0.1, -0.05) is 42.5 Å². The second-order valence-corrected chi connectivity index (χ2v) is 8.68. The van der Waals surface area contributed by atoms with Crippen LogP contribution in [0.25, 0.3) is 12.2 Å². The van der Waals surface area contributed by atoms with Crippen molar-refractivity contribution >= 4 is 12.2 Å². The fourth-order valence-electron chi connectivity index (χ4n) is 4.19. The Labute approximate surface area is 197 Å². The van der Waals surface area contributed by atoms with Crippen LogP contribution in [0.3, 0.4) is 0 Å². The maximum atomic E-state index is 10.1. The molecule has 0 saturated carbocycles. The van der Waals surface area contributed by atoms with Crippen LogP contribution in [-0.2, 0) is 9.47 Å². The molecule has 0 aromatic heterocycles. The Morgan fingerprint density at radius 2 is 0.971 bits per heavy atom. The van der Waals surface area contributed by atoms with Gasteiger partial charge >= 0.3 is 0 Å². The van der Waals surface area contributed by atoms with E-state index in [1.54, 1.807) is 12.2 Å². The Bertz CT molecular complexity index is 762. The summed E-state index contributed by atoms with van der Waals surface area (Å²) in [6.45, 7) is -0.939. The number of aliphatic hydroxyl groups is 8. The summed E-state index contributed by atoms with van der Waals surface area (Å²) in [7, 11) is 0. The summed E-state index contributed by atoms with van der Waals surface area (Å²) in [5, 5.41) is 78.3. The highest BCUT2D eigenvalue weighted by Gasteiger charge is 2.43. The lowest BCUT2D eigenvalue weighted by Crippen LogP contribution is -2.58. The average Bonchev–Trinajstić information content (AvgIpc) is 2.84. The number of aliphatic hydroxyl groups excluding tert-OH is 8. The van der Waals surface area contributed by atoms with Crippen molar-refractivity contribution < 1.29 is 50.3 Å². The molecule has 10 nitrogen and oxygen atoms in total. The summed E-state index contributed by atoms with van der Waals surface area (Å²) in [5.41, 5.74) is 1.72. The van der Waals surface area contributed by atoms with Crippen LogP contribution >= 0.6 is 0 Å². The van der Waals surface area contributed by atoms with Gasteiger partial charge in [-0.3, -0.25) is 0 Å². The topological polar surface area (TPSA) is 180 Å². The molecule has 0 amide bonds. The summed E-state index contributed by atoms with van der Waals surface area (Å²) >= 11 is 0. The predicted octanol–water partition coefficient (Wildman–Crippen LogP) is -1.82. The van der Waals surface area contributed by atoms with E-state index in [4.69, 9.17) is 9.47 Å². The molecule has 0 unspecified atom stereocenters. The van der Waals surface area contributed by atoms with Crippen molar-refractivity contribution in [2.75, 3.05) is 13.2 Å². The van der Waals surface area contributed by atoms with Gasteiger partial charge in [-0.05, 0) is 30.0 Å². The lowest BCUT2D eigenvalue weighted by molar-refractivity contribution is -0.227. The van der Waals surface area contributed by atoms with Crippen molar-refractivity contribution in [1.29, 1.82) is 0 Å². The molecular weight excluding hydrogens is 448 g/mol. The van der Waals surface area contributed by atoms with Gasteiger partial charge in [0.2, 0.25) is 0 Å². The van der Waals surface area contributed by atoms with Crippen molar-refractivity contribution in [3.05, 3.63) is 47.5 Å². The largest absolute Gasteiger partial charge is 0.394 e. The molecule has 2 heterocycles. The number of hydrogen-bond donors (Lipinski definition) is 8. The predicted molar refractivity (Wildman–Crippen MR) is 121 cm³/mol. The van der Waals surface area contributed by atoms with Crippen LogP contribution in [0, 0.1) is 0 Å². The smallest absolute Gasteiger partial charge is 0.111 e. The molecule has 2 saturated heterocycles. The molecule has 34 heavy (non-hydrogen) atoms. The Kier molecular flexibility index (Phi) is 9.74. The third-order valence-corrected chi connectivity index (χ3v) is 6.25. The number of ether oxygens (including phenoxy) is 2. The van der Waals surface area contributed by atoms with Crippen molar-refractivity contribution in [1.82, 2.24) is 0 Å². The van der Waals surface area contributed by atoms with Gasteiger partial charge in [-0.15, -0.1) is 0 Å². The van der Waals surface area contributed by atoms with E-state index in [9.17, 15) is 40.9 Å². The molecule has 1 aromatic rings. The zero-order valence-electron chi connectivity index (χ0n) is 18.6. The van der Waals surface area contributed by atoms with Gasteiger partial charge in [0.25, 0.3) is 0 Å². The maximum absolute atomic E-state index is 10.1. The highest BCUT2D eigenvalue weighted by atomic mass is 16.5. The van der Waals surface area contributed by atoms with Gasteiger partial charge in [-0.2, -0.15) is 0 Å². The third-order valence-electron chi connectivity index (χ3n) is 6.25. The van der Waals surface area contributed by atoms with E-state index in [1.165, 1.54) is 0 Å². The molecule has 10 heteroatoms. The monoisotopic (exact) mass is 482 g/mol. The Hall–Kier alpha value is -1.70. The SMILES string of the molecule is OC[C@H]1O[C@H](C/C=C/c2cccc(/C=C/C[C@H]3O[C@H](CO)[C@@H](O)[C@H](O)[C@@H]3O)c2)[C@@H](O)[C@@H](O)[C@@H]1O. The van der Waals surface area contributed by atoms with Crippen LogP contribution in [0.2, 0.25) is 0 Å². The Morgan fingerprint density at radius 3 is 1.35 bits per heavy atom. The summed E-state index contributed by atoms with van der Waals surface area (Å²) in [6, 6.07) is 7.49. The second-order valence-electron chi connectivity index (χ2n) is 8.68. The van der Waals surface area contributed by atoms with E-state index < -0.39 is 74.3 Å². The van der Waals surface area contributed by atoms with Gasteiger partial charge in [-0.25, -0.2) is 0 Å². The Balaban J connectivity index is 1.56. The molecule has 2 aliphatic rings. The quantitative estimate of drug-likeness (QED) is 0.210. The zero-order valence-corrected chi connectivity index (χ0v) is 18.6. The summed E-state index contributed by atoms with van der Waals surface area (Å²) < 4.78 is 11.0. The van der Waals surface area contributed by atoms with Crippen LogP contribution < -0.4 is 0 Å². The zero-order chi connectivity index (χ0) is 24.8. The minimum atomic E-state index is -1.40. The lowest BCUT2D eigenvalue weighted by atomic mass is 9.93. The number of hydrogen-bond acceptors (Lipinski definition) is 10. The van der Waals surface area contributed by atoms with Gasteiger partial charge in [0, 0.05) is 0 Å². The fraction of sp³-hybridized carbons (Fsp3) is 0.583. The van der Waals surface area contributed by atoms with Crippen molar-refractivity contribution in [2.45, 2.75) is 73.9 Å². The molecule has 1 aromatic carbocycles. The molecule has 2 fully saturated rings. The Morgan fingerprint density at radius 1 is 0.588 bits per heavy atom. The minimum absolute atomic E-state index is 0.263. The van der Waals surface area contributed by atoms with Crippen molar-refractivity contribution in [3.63, 3.8) is 0 Å². The van der Waals surface area contributed by atoms with E-state index in [1.807, 2.05) is 36.4 Å². The summed E-state index contributed by atoms with van der Waals surface area (Å²) in [5.74, 6) is 0. The highest BCUT2D eigenvalue weighted by Crippen LogP contribution is 2.25. The first-order valence-electron chi connectivity index (χ1n) is 11.3. The van der Waals surface area contributed by atoms with E-state index in [2.05, 4.69) is 0 Å². The molecule has 0 aliphatic carbocycles. The van der Waals surface area contributed by atoms with Gasteiger partial charge in [0.05, 0.1) is 25.4 Å². The van der Waals surface area contributed by atoms with Crippen molar-refractivity contribution in [3.8, 4) is 0 Å². The first kappa shape index (κ1) is 26.9. The normalized spacial score (nSPS) is 39.2. The first-order valence-corrected chi connectivity index (χ1v) is 11.3. The molecule has 0 bridgehead atoms. The second kappa shape index (κ2) is 12.3. The van der Waals surface area contributed by atoms with Crippen LogP contribution in [0.15, 0.2) is 36.4 Å². The number of benzene rings is 1. The maximum Gasteiger partial charge on any atom is 0.111 e. The molecule has 8 N–H and O–H groups in total. The van der Waals surface area contributed by atoms with E-state index in [0.717, 1.165) is 11.1 Å².